The van der Waals surface area contributed by atoms with Crippen LogP contribution in [0.3, 0.4) is 0 Å². The molecule has 1 rings (SSSR count). The Bertz CT molecular complexity index is 158. The Hall–Kier alpha value is -0.0900. The molecule has 54 valence electrons. The van der Waals surface area contributed by atoms with Gasteiger partial charge in [-0.3, -0.25) is 0 Å². The Morgan fingerprint density at radius 1 is 1.56 bits per heavy atom. The summed E-state index contributed by atoms with van der Waals surface area (Å²) in [6.45, 7) is 3.51. The van der Waals surface area contributed by atoms with Crippen LogP contribution in [0.4, 0.5) is 0 Å². The maximum atomic E-state index is 10.3. The molecule has 1 atom stereocenters. The van der Waals surface area contributed by atoms with Crippen LogP contribution in [0.1, 0.15) is 13.3 Å². The third-order valence-corrected chi connectivity index (χ3v) is 2.46. The summed E-state index contributed by atoms with van der Waals surface area (Å²) in [5.41, 5.74) is 0. The summed E-state index contributed by atoms with van der Waals surface area (Å²) >= 11 is 0. The SMILES string of the molecule is C[C@@H]1CCN([SH](=O)=O)C1. The number of rotatable bonds is 1. The summed E-state index contributed by atoms with van der Waals surface area (Å²) in [4.78, 5) is 0. The van der Waals surface area contributed by atoms with Gasteiger partial charge in [-0.25, -0.2) is 12.7 Å². The maximum absolute atomic E-state index is 10.3. The van der Waals surface area contributed by atoms with E-state index in [-0.39, 0.29) is 0 Å². The molecule has 9 heavy (non-hydrogen) atoms. The van der Waals surface area contributed by atoms with Gasteiger partial charge in [0.2, 0.25) is 10.9 Å². The van der Waals surface area contributed by atoms with Crippen molar-refractivity contribution >= 4 is 10.9 Å². The fourth-order valence-electron chi connectivity index (χ4n) is 1.06. The van der Waals surface area contributed by atoms with Gasteiger partial charge in [-0.2, -0.15) is 0 Å². The van der Waals surface area contributed by atoms with E-state index in [1.54, 1.807) is 0 Å². The van der Waals surface area contributed by atoms with Crippen molar-refractivity contribution in [1.29, 1.82) is 0 Å². The monoisotopic (exact) mass is 149 g/mol. The van der Waals surface area contributed by atoms with Crippen molar-refractivity contribution in [2.75, 3.05) is 13.1 Å². The fourth-order valence-corrected chi connectivity index (χ4v) is 1.75. The van der Waals surface area contributed by atoms with Crippen LogP contribution in [0, 0.1) is 5.92 Å². The lowest BCUT2D eigenvalue weighted by Crippen LogP contribution is -2.17. The van der Waals surface area contributed by atoms with Gasteiger partial charge >= 0.3 is 0 Å². The zero-order chi connectivity index (χ0) is 6.85. The first kappa shape index (κ1) is 7.02. The summed E-state index contributed by atoms with van der Waals surface area (Å²) in [6.07, 6.45) is 1.02. The summed E-state index contributed by atoms with van der Waals surface area (Å²) in [6, 6.07) is 0. The quantitative estimate of drug-likeness (QED) is 0.527. The third kappa shape index (κ3) is 1.66. The van der Waals surface area contributed by atoms with Crippen LogP contribution >= 0.6 is 0 Å². The van der Waals surface area contributed by atoms with Crippen molar-refractivity contribution in [2.45, 2.75) is 13.3 Å². The maximum Gasteiger partial charge on any atom is 0.203 e. The molecule has 1 aliphatic heterocycles. The molecule has 0 saturated carbocycles. The first-order chi connectivity index (χ1) is 4.20. The van der Waals surface area contributed by atoms with Crippen molar-refractivity contribution in [2.24, 2.45) is 5.92 Å². The van der Waals surface area contributed by atoms with Crippen LogP contribution in [0.2, 0.25) is 0 Å². The minimum Gasteiger partial charge on any atom is -0.215 e. The second kappa shape index (κ2) is 2.66. The molecule has 0 N–H and O–H groups in total. The summed E-state index contributed by atoms with van der Waals surface area (Å²) in [5.74, 6) is 0.554. The summed E-state index contributed by atoms with van der Waals surface area (Å²) < 4.78 is 22.1. The first-order valence-corrected chi connectivity index (χ1v) is 4.22. The smallest absolute Gasteiger partial charge is 0.203 e. The van der Waals surface area contributed by atoms with Gasteiger partial charge in [-0.05, 0) is 12.3 Å². The molecule has 0 amide bonds. The lowest BCUT2D eigenvalue weighted by molar-refractivity contribution is 0.483. The summed E-state index contributed by atoms with van der Waals surface area (Å²) in [7, 11) is -2.29. The van der Waals surface area contributed by atoms with Crippen LogP contribution in [0.5, 0.6) is 0 Å². The molecule has 0 bridgehead atoms. The highest BCUT2D eigenvalue weighted by molar-refractivity contribution is 7.69. The topological polar surface area (TPSA) is 37.4 Å². The highest BCUT2D eigenvalue weighted by Crippen LogP contribution is 2.13. The second-order valence-corrected chi connectivity index (χ2v) is 3.59. The number of thiol groups is 1. The predicted octanol–water partition coefficient (Wildman–Crippen LogP) is -0.145. The fraction of sp³-hybridized carbons (Fsp3) is 1.00. The van der Waals surface area contributed by atoms with E-state index in [2.05, 4.69) is 6.92 Å². The van der Waals surface area contributed by atoms with E-state index in [0.717, 1.165) is 19.5 Å². The van der Waals surface area contributed by atoms with Crippen LogP contribution in [0.25, 0.3) is 0 Å². The van der Waals surface area contributed by atoms with Gasteiger partial charge < -0.3 is 0 Å². The minimum atomic E-state index is -2.29. The highest BCUT2D eigenvalue weighted by Gasteiger charge is 2.19. The van der Waals surface area contributed by atoms with Gasteiger partial charge in [0, 0.05) is 13.1 Å². The van der Waals surface area contributed by atoms with Gasteiger partial charge in [0.25, 0.3) is 0 Å². The van der Waals surface area contributed by atoms with E-state index in [9.17, 15) is 8.42 Å². The van der Waals surface area contributed by atoms with Crippen molar-refractivity contribution < 1.29 is 8.42 Å². The zero-order valence-electron chi connectivity index (χ0n) is 5.41. The predicted molar refractivity (Wildman–Crippen MR) is 35.7 cm³/mol. The van der Waals surface area contributed by atoms with Crippen molar-refractivity contribution in [1.82, 2.24) is 4.31 Å². The molecule has 0 aliphatic carbocycles. The van der Waals surface area contributed by atoms with E-state index in [1.807, 2.05) is 0 Å². The Kier molecular flexibility index (Phi) is 2.08. The highest BCUT2D eigenvalue weighted by atomic mass is 32.2. The zero-order valence-corrected chi connectivity index (χ0v) is 6.30. The molecule has 0 unspecified atom stereocenters. The molecule has 0 aromatic heterocycles. The van der Waals surface area contributed by atoms with Crippen molar-refractivity contribution in [3.05, 3.63) is 0 Å². The number of nitrogens with zero attached hydrogens (tertiary/aromatic N) is 1. The first-order valence-electron chi connectivity index (χ1n) is 3.09. The Labute approximate surface area is 56.7 Å². The van der Waals surface area contributed by atoms with Crippen molar-refractivity contribution in [3.63, 3.8) is 0 Å². The Morgan fingerprint density at radius 3 is 2.44 bits per heavy atom. The Morgan fingerprint density at radius 2 is 2.22 bits per heavy atom. The molecule has 1 fully saturated rings. The van der Waals surface area contributed by atoms with Gasteiger partial charge in [0.05, 0.1) is 0 Å². The van der Waals surface area contributed by atoms with Gasteiger partial charge in [0.15, 0.2) is 0 Å². The lowest BCUT2D eigenvalue weighted by Gasteiger charge is -2.02. The molecule has 0 radical (unpaired) electrons. The molecule has 3 nitrogen and oxygen atoms in total. The largest absolute Gasteiger partial charge is 0.215 e. The molecular weight excluding hydrogens is 138 g/mol. The van der Waals surface area contributed by atoms with Gasteiger partial charge in [-0.1, -0.05) is 6.92 Å². The molecule has 0 spiro atoms. The molecule has 1 aliphatic rings. The van der Waals surface area contributed by atoms with E-state index in [1.165, 1.54) is 4.31 Å². The molecule has 1 saturated heterocycles. The summed E-state index contributed by atoms with van der Waals surface area (Å²) in [5, 5.41) is 0. The molecule has 0 aromatic rings. The average molecular weight is 149 g/mol. The van der Waals surface area contributed by atoms with Crippen LogP contribution < -0.4 is 0 Å². The normalized spacial score (nSPS) is 29.8. The third-order valence-electron chi connectivity index (χ3n) is 1.63. The average Bonchev–Trinajstić information content (AvgIpc) is 2.14. The standard InChI is InChI=1S/C5H11NO2S/c1-5-2-3-6(4-5)9(7)8/h5,9H,2-4H2,1H3/t5-/m1/s1. The molecule has 4 heteroatoms. The molecule has 1 heterocycles. The van der Waals surface area contributed by atoms with Crippen LogP contribution in [0.15, 0.2) is 0 Å². The van der Waals surface area contributed by atoms with Gasteiger partial charge in [-0.15, -0.1) is 0 Å². The number of hydrogen-bond donors (Lipinski definition) is 1. The Balaban J connectivity index is 2.48. The van der Waals surface area contributed by atoms with E-state index >= 15 is 0 Å². The molecular formula is C5H11NO2S. The van der Waals surface area contributed by atoms with E-state index < -0.39 is 10.9 Å². The minimum absolute atomic E-state index is 0.554. The van der Waals surface area contributed by atoms with Crippen molar-refractivity contribution in [3.8, 4) is 0 Å². The second-order valence-electron chi connectivity index (χ2n) is 2.54. The number of hydrogen-bond acceptors (Lipinski definition) is 2. The van der Waals surface area contributed by atoms with Crippen LogP contribution in [-0.4, -0.2) is 25.8 Å². The lowest BCUT2D eigenvalue weighted by atomic mass is 10.2. The van der Waals surface area contributed by atoms with E-state index in [0.29, 0.717) is 5.92 Å². The molecule has 0 aromatic carbocycles. The van der Waals surface area contributed by atoms with E-state index in [4.69, 9.17) is 0 Å². The van der Waals surface area contributed by atoms with Crippen LogP contribution in [-0.2, 0) is 10.9 Å². The van der Waals surface area contributed by atoms with Gasteiger partial charge in [0.1, 0.15) is 0 Å².